The third-order valence-electron chi connectivity index (χ3n) is 2.15. The van der Waals surface area contributed by atoms with Gasteiger partial charge in [0.1, 0.15) is 17.5 Å². The second-order valence-electron chi connectivity index (χ2n) is 3.23. The third-order valence-corrected chi connectivity index (χ3v) is 2.15. The summed E-state index contributed by atoms with van der Waals surface area (Å²) in [6.45, 7) is 1.48. The van der Waals surface area contributed by atoms with Gasteiger partial charge in [0.2, 0.25) is 0 Å². The summed E-state index contributed by atoms with van der Waals surface area (Å²) in [5.74, 6) is -0.828. The van der Waals surface area contributed by atoms with Gasteiger partial charge in [-0.05, 0) is 25.1 Å². The molecule has 0 radical (unpaired) electrons. The summed E-state index contributed by atoms with van der Waals surface area (Å²) in [6.07, 6.45) is -0.870. The van der Waals surface area contributed by atoms with E-state index in [1.54, 1.807) is 0 Å². The van der Waals surface area contributed by atoms with E-state index in [4.69, 9.17) is 10.00 Å². The standard InChI is InChI=1S/C11H12FNO2/c1-7(14)10(6-13)9-5-8(12)3-4-11(9)15-2/h3-5,7,10,14H,1-2H3. The van der Waals surface area contributed by atoms with Crippen LogP contribution in [0.25, 0.3) is 0 Å². The van der Waals surface area contributed by atoms with Crippen molar-refractivity contribution in [3.63, 3.8) is 0 Å². The molecule has 0 fully saturated rings. The first-order chi connectivity index (χ1) is 7.10. The number of benzene rings is 1. The molecule has 1 aromatic rings. The fourth-order valence-corrected chi connectivity index (χ4v) is 1.39. The maximum Gasteiger partial charge on any atom is 0.123 e. The molecule has 2 unspecified atom stereocenters. The molecule has 1 N–H and O–H groups in total. The van der Waals surface area contributed by atoms with Gasteiger partial charge >= 0.3 is 0 Å². The average Bonchev–Trinajstić information content (AvgIpc) is 2.18. The molecule has 80 valence electrons. The van der Waals surface area contributed by atoms with Crippen LogP contribution in [0.5, 0.6) is 5.75 Å². The summed E-state index contributed by atoms with van der Waals surface area (Å²) >= 11 is 0. The SMILES string of the molecule is COc1ccc(F)cc1C(C#N)C(C)O. The van der Waals surface area contributed by atoms with Crippen LogP contribution in [-0.2, 0) is 0 Å². The van der Waals surface area contributed by atoms with Crippen molar-refractivity contribution >= 4 is 0 Å². The Morgan fingerprint density at radius 3 is 2.67 bits per heavy atom. The monoisotopic (exact) mass is 209 g/mol. The second-order valence-corrected chi connectivity index (χ2v) is 3.23. The van der Waals surface area contributed by atoms with Gasteiger partial charge in [-0.1, -0.05) is 0 Å². The number of nitrogens with zero attached hydrogens (tertiary/aromatic N) is 1. The average molecular weight is 209 g/mol. The van der Waals surface area contributed by atoms with E-state index >= 15 is 0 Å². The Bertz CT molecular complexity index is 385. The zero-order valence-corrected chi connectivity index (χ0v) is 8.57. The molecule has 0 heterocycles. The predicted octanol–water partition coefficient (Wildman–Crippen LogP) is 1.82. The molecule has 3 nitrogen and oxygen atoms in total. The van der Waals surface area contributed by atoms with Gasteiger partial charge in [0.15, 0.2) is 0 Å². The molecule has 2 atom stereocenters. The highest BCUT2D eigenvalue weighted by molar-refractivity contribution is 5.40. The number of hydrogen-bond acceptors (Lipinski definition) is 3. The zero-order chi connectivity index (χ0) is 11.4. The molecule has 1 rings (SSSR count). The van der Waals surface area contributed by atoms with Crippen molar-refractivity contribution in [1.29, 1.82) is 5.26 Å². The van der Waals surface area contributed by atoms with Gasteiger partial charge in [-0.15, -0.1) is 0 Å². The Labute approximate surface area is 87.7 Å². The van der Waals surface area contributed by atoms with E-state index < -0.39 is 17.8 Å². The van der Waals surface area contributed by atoms with Crippen LogP contribution < -0.4 is 4.74 Å². The molecule has 0 bridgehead atoms. The van der Waals surface area contributed by atoms with Gasteiger partial charge in [0.25, 0.3) is 0 Å². The van der Waals surface area contributed by atoms with E-state index in [0.717, 1.165) is 0 Å². The van der Waals surface area contributed by atoms with Crippen LogP contribution in [0, 0.1) is 17.1 Å². The minimum absolute atomic E-state index is 0.370. The molecule has 15 heavy (non-hydrogen) atoms. The summed E-state index contributed by atoms with van der Waals surface area (Å²) in [6, 6.07) is 5.82. The number of aliphatic hydroxyl groups excluding tert-OH is 1. The topological polar surface area (TPSA) is 53.2 Å². The number of halogens is 1. The summed E-state index contributed by atoms with van der Waals surface area (Å²) in [5, 5.41) is 18.2. The number of ether oxygens (including phenoxy) is 1. The van der Waals surface area contributed by atoms with Crippen molar-refractivity contribution in [2.45, 2.75) is 18.9 Å². The van der Waals surface area contributed by atoms with Crippen LogP contribution in [0.4, 0.5) is 4.39 Å². The summed E-state index contributed by atoms with van der Waals surface area (Å²) in [4.78, 5) is 0. The van der Waals surface area contributed by atoms with Crippen LogP contribution in [-0.4, -0.2) is 18.3 Å². The smallest absolute Gasteiger partial charge is 0.123 e. The third kappa shape index (κ3) is 2.45. The first-order valence-electron chi connectivity index (χ1n) is 4.51. The molecule has 0 saturated heterocycles. The van der Waals surface area contributed by atoms with E-state index in [2.05, 4.69) is 0 Å². The van der Waals surface area contributed by atoms with E-state index in [9.17, 15) is 9.50 Å². The fraction of sp³-hybridized carbons (Fsp3) is 0.364. The van der Waals surface area contributed by atoms with Gasteiger partial charge in [-0.3, -0.25) is 0 Å². The molecular weight excluding hydrogens is 197 g/mol. The minimum atomic E-state index is -0.870. The Hall–Kier alpha value is -1.60. The molecule has 0 amide bonds. The molecular formula is C11H12FNO2. The normalized spacial score (nSPS) is 14.1. The highest BCUT2D eigenvalue weighted by Crippen LogP contribution is 2.29. The van der Waals surface area contributed by atoms with Crippen molar-refractivity contribution in [2.24, 2.45) is 0 Å². The lowest BCUT2D eigenvalue weighted by Gasteiger charge is -2.15. The molecule has 0 aliphatic heterocycles. The first kappa shape index (κ1) is 11.5. The number of methoxy groups -OCH3 is 1. The largest absolute Gasteiger partial charge is 0.496 e. The Morgan fingerprint density at radius 2 is 2.20 bits per heavy atom. The Balaban J connectivity index is 3.21. The van der Waals surface area contributed by atoms with Crippen molar-refractivity contribution < 1.29 is 14.2 Å². The van der Waals surface area contributed by atoms with Crippen LogP contribution in [0.2, 0.25) is 0 Å². The molecule has 0 saturated carbocycles. The van der Waals surface area contributed by atoms with E-state index in [1.807, 2.05) is 6.07 Å². The van der Waals surface area contributed by atoms with Crippen LogP contribution >= 0.6 is 0 Å². The number of aliphatic hydroxyl groups is 1. The Morgan fingerprint density at radius 1 is 1.53 bits per heavy atom. The zero-order valence-electron chi connectivity index (χ0n) is 8.57. The quantitative estimate of drug-likeness (QED) is 0.826. The first-order valence-corrected chi connectivity index (χ1v) is 4.51. The molecule has 4 heteroatoms. The van der Waals surface area contributed by atoms with Crippen LogP contribution in [0.3, 0.4) is 0 Å². The van der Waals surface area contributed by atoms with E-state index in [0.29, 0.717) is 11.3 Å². The predicted molar refractivity (Wildman–Crippen MR) is 53.0 cm³/mol. The number of rotatable bonds is 3. The lowest BCUT2D eigenvalue weighted by Crippen LogP contribution is -2.14. The van der Waals surface area contributed by atoms with Gasteiger partial charge < -0.3 is 9.84 Å². The van der Waals surface area contributed by atoms with E-state index in [-0.39, 0.29) is 0 Å². The number of nitriles is 1. The number of hydrogen-bond donors (Lipinski definition) is 1. The molecule has 0 aromatic heterocycles. The van der Waals surface area contributed by atoms with Gasteiger partial charge in [0, 0.05) is 5.56 Å². The van der Waals surface area contributed by atoms with Crippen molar-refractivity contribution in [1.82, 2.24) is 0 Å². The second kappa shape index (κ2) is 4.76. The minimum Gasteiger partial charge on any atom is -0.496 e. The molecule has 1 aromatic carbocycles. The molecule has 0 aliphatic rings. The van der Waals surface area contributed by atoms with E-state index in [1.165, 1.54) is 32.2 Å². The van der Waals surface area contributed by atoms with Crippen molar-refractivity contribution in [2.75, 3.05) is 7.11 Å². The molecule has 0 aliphatic carbocycles. The van der Waals surface area contributed by atoms with Crippen LogP contribution in [0.15, 0.2) is 18.2 Å². The molecule has 0 spiro atoms. The maximum absolute atomic E-state index is 13.0. The summed E-state index contributed by atoms with van der Waals surface area (Å²) in [7, 11) is 1.44. The Kier molecular flexibility index (Phi) is 3.64. The highest BCUT2D eigenvalue weighted by atomic mass is 19.1. The maximum atomic E-state index is 13.0. The van der Waals surface area contributed by atoms with Gasteiger partial charge in [-0.2, -0.15) is 5.26 Å². The van der Waals surface area contributed by atoms with Crippen molar-refractivity contribution in [3.8, 4) is 11.8 Å². The van der Waals surface area contributed by atoms with Gasteiger partial charge in [-0.25, -0.2) is 4.39 Å². The van der Waals surface area contributed by atoms with Crippen LogP contribution in [0.1, 0.15) is 18.4 Å². The lowest BCUT2D eigenvalue weighted by molar-refractivity contribution is 0.180. The van der Waals surface area contributed by atoms with Crippen molar-refractivity contribution in [3.05, 3.63) is 29.6 Å². The lowest BCUT2D eigenvalue weighted by atomic mass is 9.95. The summed E-state index contributed by atoms with van der Waals surface area (Å²) in [5.41, 5.74) is 0.370. The summed E-state index contributed by atoms with van der Waals surface area (Å²) < 4.78 is 18.0. The van der Waals surface area contributed by atoms with Gasteiger partial charge in [0.05, 0.1) is 19.3 Å². The fourth-order valence-electron chi connectivity index (χ4n) is 1.39. The highest BCUT2D eigenvalue weighted by Gasteiger charge is 2.21.